The molecule has 31 heavy (non-hydrogen) atoms. The Bertz CT molecular complexity index is 1110. The van der Waals surface area contributed by atoms with Crippen molar-refractivity contribution in [3.63, 3.8) is 0 Å². The second-order valence-electron chi connectivity index (χ2n) is 6.74. The molecule has 2 aromatic carbocycles. The summed E-state index contributed by atoms with van der Waals surface area (Å²) >= 11 is 1.39. The van der Waals surface area contributed by atoms with Crippen LogP contribution < -0.4 is 14.8 Å². The number of ether oxygens (including phenoxy) is 2. The molecule has 0 aliphatic heterocycles. The number of aryl methyl sites for hydroxylation is 1. The minimum absolute atomic E-state index is 0.160. The van der Waals surface area contributed by atoms with E-state index in [4.69, 9.17) is 9.47 Å². The molecule has 0 aliphatic rings. The third kappa shape index (κ3) is 5.77. The Kier molecular flexibility index (Phi) is 7.52. The standard InChI is InChI=1S/C24H23N3O3S/c1-16-4-6-17(7-5-16)20-10-8-18(15-25)24(27-20)31-13-12-23(28)26-21-14-19(29-2)9-11-22(21)30-3/h4-11,14H,12-13H2,1-3H3,(H,26,28). The summed E-state index contributed by atoms with van der Waals surface area (Å²) in [4.78, 5) is 17.1. The maximum Gasteiger partial charge on any atom is 0.225 e. The molecule has 0 saturated heterocycles. The smallest absolute Gasteiger partial charge is 0.225 e. The molecule has 0 fully saturated rings. The summed E-state index contributed by atoms with van der Waals surface area (Å²) in [5.41, 5.74) is 4.00. The molecule has 158 valence electrons. The summed E-state index contributed by atoms with van der Waals surface area (Å²) < 4.78 is 10.5. The van der Waals surface area contributed by atoms with E-state index in [9.17, 15) is 10.1 Å². The van der Waals surface area contributed by atoms with E-state index in [1.54, 1.807) is 38.5 Å². The zero-order valence-electron chi connectivity index (χ0n) is 17.6. The second-order valence-corrected chi connectivity index (χ2v) is 7.82. The molecular weight excluding hydrogens is 410 g/mol. The Labute approximate surface area is 186 Å². The van der Waals surface area contributed by atoms with Gasteiger partial charge in [0.1, 0.15) is 22.6 Å². The number of hydrogen-bond acceptors (Lipinski definition) is 6. The zero-order chi connectivity index (χ0) is 22.2. The van der Waals surface area contributed by atoms with Crippen LogP contribution in [0.5, 0.6) is 11.5 Å². The van der Waals surface area contributed by atoms with Crippen molar-refractivity contribution in [2.75, 3.05) is 25.3 Å². The van der Waals surface area contributed by atoms with Gasteiger partial charge in [-0.05, 0) is 31.2 Å². The van der Waals surface area contributed by atoms with Crippen molar-refractivity contribution in [1.29, 1.82) is 5.26 Å². The lowest BCUT2D eigenvalue weighted by Crippen LogP contribution is -2.13. The minimum atomic E-state index is -0.160. The van der Waals surface area contributed by atoms with Gasteiger partial charge in [0.15, 0.2) is 0 Å². The lowest BCUT2D eigenvalue weighted by atomic mass is 10.1. The number of nitriles is 1. The van der Waals surface area contributed by atoms with E-state index in [2.05, 4.69) is 16.4 Å². The molecule has 0 bridgehead atoms. The average molecular weight is 434 g/mol. The summed E-state index contributed by atoms with van der Waals surface area (Å²) in [6, 6.07) is 19.1. The highest BCUT2D eigenvalue weighted by molar-refractivity contribution is 7.99. The third-order valence-electron chi connectivity index (χ3n) is 4.58. The van der Waals surface area contributed by atoms with Crippen molar-refractivity contribution in [3.05, 3.63) is 65.7 Å². The second kappa shape index (κ2) is 10.5. The van der Waals surface area contributed by atoms with Crippen LogP contribution in [-0.2, 0) is 4.79 Å². The topological polar surface area (TPSA) is 84.2 Å². The van der Waals surface area contributed by atoms with E-state index < -0.39 is 0 Å². The first kappa shape index (κ1) is 22.2. The van der Waals surface area contributed by atoms with E-state index in [0.29, 0.717) is 33.5 Å². The number of thioether (sulfide) groups is 1. The Morgan fingerprint density at radius 2 is 1.87 bits per heavy atom. The predicted molar refractivity (Wildman–Crippen MR) is 123 cm³/mol. The number of amides is 1. The van der Waals surface area contributed by atoms with Gasteiger partial charge in [0.05, 0.1) is 31.2 Å². The van der Waals surface area contributed by atoms with Gasteiger partial charge in [-0.25, -0.2) is 4.98 Å². The van der Waals surface area contributed by atoms with Gasteiger partial charge in [-0.15, -0.1) is 11.8 Å². The highest BCUT2D eigenvalue weighted by Crippen LogP contribution is 2.30. The molecular formula is C24H23N3O3S. The number of hydrogen-bond donors (Lipinski definition) is 1. The van der Waals surface area contributed by atoms with Crippen LogP contribution >= 0.6 is 11.8 Å². The largest absolute Gasteiger partial charge is 0.497 e. The van der Waals surface area contributed by atoms with Gasteiger partial charge >= 0.3 is 0 Å². The average Bonchev–Trinajstić information content (AvgIpc) is 2.79. The monoisotopic (exact) mass is 433 g/mol. The van der Waals surface area contributed by atoms with Crippen molar-refractivity contribution in [3.8, 4) is 28.8 Å². The number of aromatic nitrogens is 1. The summed E-state index contributed by atoms with van der Waals surface area (Å²) in [6.07, 6.45) is 0.256. The van der Waals surface area contributed by atoms with Gasteiger partial charge in [0.2, 0.25) is 5.91 Å². The van der Waals surface area contributed by atoms with Crippen LogP contribution in [0.4, 0.5) is 5.69 Å². The lowest BCUT2D eigenvalue weighted by Gasteiger charge is -2.12. The molecule has 1 amide bonds. The van der Waals surface area contributed by atoms with Gasteiger partial charge in [-0.2, -0.15) is 5.26 Å². The quantitative estimate of drug-likeness (QED) is 0.500. The molecule has 3 rings (SSSR count). The summed E-state index contributed by atoms with van der Waals surface area (Å²) in [7, 11) is 3.11. The van der Waals surface area contributed by atoms with Gasteiger partial charge in [0.25, 0.3) is 0 Å². The van der Waals surface area contributed by atoms with E-state index >= 15 is 0 Å². The van der Waals surface area contributed by atoms with Gasteiger partial charge < -0.3 is 14.8 Å². The maximum absolute atomic E-state index is 12.4. The molecule has 0 radical (unpaired) electrons. The fourth-order valence-electron chi connectivity index (χ4n) is 2.89. The Morgan fingerprint density at radius 1 is 1.10 bits per heavy atom. The third-order valence-corrected chi connectivity index (χ3v) is 5.57. The highest BCUT2D eigenvalue weighted by Gasteiger charge is 2.12. The van der Waals surface area contributed by atoms with E-state index in [-0.39, 0.29) is 12.3 Å². The molecule has 0 saturated carbocycles. The first-order valence-electron chi connectivity index (χ1n) is 9.67. The molecule has 1 aromatic heterocycles. The molecule has 0 atom stereocenters. The minimum Gasteiger partial charge on any atom is -0.497 e. The van der Waals surface area contributed by atoms with Crippen molar-refractivity contribution in [2.24, 2.45) is 0 Å². The van der Waals surface area contributed by atoms with Crippen LogP contribution in [0, 0.1) is 18.3 Å². The lowest BCUT2D eigenvalue weighted by molar-refractivity contribution is -0.115. The number of methoxy groups -OCH3 is 2. The van der Waals surface area contributed by atoms with Crippen LogP contribution in [-0.4, -0.2) is 30.9 Å². The number of benzene rings is 2. The Hall–Kier alpha value is -3.50. The molecule has 0 aliphatic carbocycles. The number of nitrogens with zero attached hydrogens (tertiary/aromatic N) is 2. The first-order chi connectivity index (χ1) is 15.0. The van der Waals surface area contributed by atoms with Gasteiger partial charge in [0, 0.05) is 23.8 Å². The predicted octanol–water partition coefficient (Wildman–Crippen LogP) is 5.07. The van der Waals surface area contributed by atoms with Crippen molar-refractivity contribution in [1.82, 2.24) is 4.98 Å². The number of rotatable bonds is 8. The fraction of sp³-hybridized carbons (Fsp3) is 0.208. The first-order valence-corrected chi connectivity index (χ1v) is 10.7. The number of carbonyl (C=O) groups is 1. The van der Waals surface area contributed by atoms with Crippen molar-refractivity contribution < 1.29 is 14.3 Å². The normalized spacial score (nSPS) is 10.3. The summed E-state index contributed by atoms with van der Waals surface area (Å²) in [6.45, 7) is 2.03. The number of pyridine rings is 1. The van der Waals surface area contributed by atoms with Gasteiger partial charge in [-0.1, -0.05) is 29.8 Å². The van der Waals surface area contributed by atoms with Crippen LogP contribution in [0.3, 0.4) is 0 Å². The van der Waals surface area contributed by atoms with Crippen LogP contribution in [0.15, 0.2) is 59.6 Å². The zero-order valence-corrected chi connectivity index (χ0v) is 18.5. The SMILES string of the molecule is COc1ccc(OC)c(NC(=O)CCSc2nc(-c3ccc(C)cc3)ccc2C#N)c1. The Morgan fingerprint density at radius 3 is 2.55 bits per heavy atom. The van der Waals surface area contributed by atoms with Crippen LogP contribution in [0.1, 0.15) is 17.5 Å². The number of anilines is 1. The van der Waals surface area contributed by atoms with E-state index in [0.717, 1.165) is 11.3 Å². The molecule has 6 nitrogen and oxygen atoms in total. The van der Waals surface area contributed by atoms with Crippen molar-refractivity contribution in [2.45, 2.75) is 18.4 Å². The van der Waals surface area contributed by atoms with Gasteiger partial charge in [-0.3, -0.25) is 4.79 Å². The molecule has 3 aromatic rings. The molecule has 0 unspecified atom stereocenters. The summed E-state index contributed by atoms with van der Waals surface area (Å²) in [5, 5.41) is 12.9. The number of nitrogens with one attached hydrogen (secondary N) is 1. The molecule has 0 spiro atoms. The molecule has 1 N–H and O–H groups in total. The van der Waals surface area contributed by atoms with Crippen molar-refractivity contribution >= 4 is 23.4 Å². The fourth-order valence-corrected chi connectivity index (χ4v) is 3.80. The Balaban J connectivity index is 1.66. The highest BCUT2D eigenvalue weighted by atomic mass is 32.2. The summed E-state index contributed by atoms with van der Waals surface area (Å²) in [5.74, 6) is 1.51. The molecule has 7 heteroatoms. The van der Waals surface area contributed by atoms with Crippen LogP contribution in [0.25, 0.3) is 11.3 Å². The number of carbonyl (C=O) groups excluding carboxylic acids is 1. The van der Waals surface area contributed by atoms with E-state index in [1.807, 2.05) is 37.3 Å². The van der Waals surface area contributed by atoms with Crippen LogP contribution in [0.2, 0.25) is 0 Å². The molecule has 1 heterocycles. The van der Waals surface area contributed by atoms with E-state index in [1.165, 1.54) is 17.3 Å². The maximum atomic E-state index is 12.4.